The van der Waals surface area contributed by atoms with Crippen molar-refractivity contribution in [3.8, 4) is 11.5 Å². The predicted molar refractivity (Wildman–Crippen MR) is 47.5 cm³/mol. The van der Waals surface area contributed by atoms with Gasteiger partial charge in [-0.15, -0.1) is 0 Å². The number of anilines is 1. The fourth-order valence-corrected chi connectivity index (χ4v) is 0.926. The average molecular weight is 165 g/mol. The third kappa shape index (κ3) is 1.61. The lowest BCUT2D eigenvalue weighted by molar-refractivity contribution is 0.355. The fraction of sp³-hybridized carbons (Fsp3) is 0.222. The first kappa shape index (κ1) is 8.71. The smallest absolute Gasteiger partial charge is 0.162 e. The van der Waals surface area contributed by atoms with Gasteiger partial charge in [0.1, 0.15) is 0 Å². The highest BCUT2D eigenvalue weighted by Crippen LogP contribution is 2.29. The summed E-state index contributed by atoms with van der Waals surface area (Å²) in [5, 5.41) is 2.52. The Kier molecular flexibility index (Phi) is 2.80. The van der Waals surface area contributed by atoms with E-state index in [1.165, 1.54) is 0 Å². The van der Waals surface area contributed by atoms with Crippen molar-refractivity contribution in [1.82, 2.24) is 0 Å². The number of methoxy groups -OCH3 is 2. The monoisotopic (exact) mass is 165 g/mol. The number of nitrogens with one attached hydrogen (secondary N) is 1. The van der Waals surface area contributed by atoms with E-state index in [0.717, 1.165) is 5.69 Å². The van der Waals surface area contributed by atoms with E-state index >= 15 is 0 Å². The van der Waals surface area contributed by atoms with Gasteiger partial charge in [0.25, 0.3) is 0 Å². The van der Waals surface area contributed by atoms with Gasteiger partial charge in [0, 0.05) is 11.8 Å². The SMILES string of the molecule is [CH]Nc1ccc(OC)c(OC)c1. The van der Waals surface area contributed by atoms with E-state index in [2.05, 4.69) is 5.32 Å². The average Bonchev–Trinajstić information content (AvgIpc) is 2.16. The van der Waals surface area contributed by atoms with Crippen molar-refractivity contribution in [2.45, 2.75) is 0 Å². The number of ether oxygens (including phenoxy) is 2. The molecule has 64 valence electrons. The Hall–Kier alpha value is -1.38. The quantitative estimate of drug-likeness (QED) is 0.692. The molecule has 1 N–H and O–H groups in total. The fourth-order valence-electron chi connectivity index (χ4n) is 0.926. The summed E-state index contributed by atoms with van der Waals surface area (Å²) >= 11 is 0. The Morgan fingerprint density at radius 2 is 1.83 bits per heavy atom. The van der Waals surface area contributed by atoms with Crippen molar-refractivity contribution in [3.63, 3.8) is 0 Å². The van der Waals surface area contributed by atoms with E-state index < -0.39 is 0 Å². The maximum Gasteiger partial charge on any atom is 0.162 e. The molecule has 0 spiro atoms. The van der Waals surface area contributed by atoms with E-state index in [0.29, 0.717) is 11.5 Å². The van der Waals surface area contributed by atoms with Crippen LogP contribution in [0.4, 0.5) is 5.69 Å². The van der Waals surface area contributed by atoms with Crippen molar-refractivity contribution in [3.05, 3.63) is 25.2 Å². The molecule has 0 aliphatic carbocycles. The molecule has 2 radical (unpaired) electrons. The van der Waals surface area contributed by atoms with Crippen molar-refractivity contribution in [2.24, 2.45) is 0 Å². The summed E-state index contributed by atoms with van der Waals surface area (Å²) < 4.78 is 10.1. The van der Waals surface area contributed by atoms with Crippen LogP contribution in [0.1, 0.15) is 0 Å². The van der Waals surface area contributed by atoms with Gasteiger partial charge < -0.3 is 14.8 Å². The lowest BCUT2D eigenvalue weighted by atomic mass is 10.3. The molecule has 1 rings (SSSR count). The first-order chi connectivity index (χ1) is 5.81. The second-order valence-corrected chi connectivity index (χ2v) is 2.21. The molecule has 0 unspecified atom stereocenters. The Labute approximate surface area is 72.3 Å². The summed E-state index contributed by atoms with van der Waals surface area (Å²) in [6, 6.07) is 5.36. The number of hydrogen-bond acceptors (Lipinski definition) is 3. The molecular formula is C9H11NO2. The zero-order valence-corrected chi connectivity index (χ0v) is 7.13. The van der Waals surface area contributed by atoms with Crippen LogP contribution in [0.2, 0.25) is 0 Å². The largest absolute Gasteiger partial charge is 0.493 e. The summed E-state index contributed by atoms with van der Waals surface area (Å²) in [7, 11) is 8.39. The Bertz CT molecular complexity index is 261. The van der Waals surface area contributed by atoms with Crippen molar-refractivity contribution >= 4 is 5.69 Å². The Morgan fingerprint density at radius 1 is 1.17 bits per heavy atom. The summed E-state index contributed by atoms with van der Waals surface area (Å²) in [6.07, 6.45) is 0. The normalized spacial score (nSPS) is 9.25. The summed E-state index contributed by atoms with van der Waals surface area (Å²) in [5.41, 5.74) is 0.785. The minimum absolute atomic E-state index is 0.660. The number of rotatable bonds is 3. The highest BCUT2D eigenvalue weighted by atomic mass is 16.5. The highest BCUT2D eigenvalue weighted by molar-refractivity contribution is 5.54. The third-order valence-electron chi connectivity index (χ3n) is 1.55. The van der Waals surface area contributed by atoms with Gasteiger partial charge >= 0.3 is 0 Å². The molecule has 0 aliphatic rings. The van der Waals surface area contributed by atoms with Gasteiger partial charge in [-0.05, 0) is 12.1 Å². The molecule has 0 fully saturated rings. The van der Waals surface area contributed by atoms with Gasteiger partial charge in [-0.1, -0.05) is 0 Å². The second-order valence-electron chi connectivity index (χ2n) is 2.21. The van der Waals surface area contributed by atoms with Crippen molar-refractivity contribution < 1.29 is 9.47 Å². The van der Waals surface area contributed by atoms with Crippen LogP contribution in [0.25, 0.3) is 0 Å². The van der Waals surface area contributed by atoms with Crippen molar-refractivity contribution in [1.29, 1.82) is 0 Å². The Morgan fingerprint density at radius 3 is 2.33 bits per heavy atom. The molecule has 0 saturated carbocycles. The highest BCUT2D eigenvalue weighted by Gasteiger charge is 2.02. The molecule has 3 nitrogen and oxygen atoms in total. The molecule has 3 heteroatoms. The molecule has 0 heterocycles. The minimum Gasteiger partial charge on any atom is -0.493 e. The van der Waals surface area contributed by atoms with Crippen LogP contribution < -0.4 is 14.8 Å². The van der Waals surface area contributed by atoms with Crippen LogP contribution >= 0.6 is 0 Å². The molecule has 0 atom stereocenters. The molecular weight excluding hydrogens is 154 g/mol. The van der Waals surface area contributed by atoms with Gasteiger partial charge in [0.05, 0.1) is 21.3 Å². The molecule has 0 saturated heterocycles. The standard InChI is InChI=1S/C9H11NO2/c1-10-7-4-5-8(11-2)9(6-7)12-3/h1,4-6,10H,2-3H3. The molecule has 0 amide bonds. The zero-order valence-electron chi connectivity index (χ0n) is 7.13. The van der Waals surface area contributed by atoms with Crippen LogP contribution in [0.3, 0.4) is 0 Å². The topological polar surface area (TPSA) is 30.5 Å². The van der Waals surface area contributed by atoms with Gasteiger partial charge in [0.15, 0.2) is 11.5 Å². The van der Waals surface area contributed by atoms with E-state index in [1.54, 1.807) is 32.4 Å². The Balaban J connectivity index is 3.02. The minimum atomic E-state index is 0.660. The third-order valence-corrected chi connectivity index (χ3v) is 1.55. The van der Waals surface area contributed by atoms with Crippen molar-refractivity contribution in [2.75, 3.05) is 19.5 Å². The predicted octanol–water partition coefficient (Wildman–Crippen LogP) is 1.78. The van der Waals surface area contributed by atoms with E-state index in [9.17, 15) is 0 Å². The second kappa shape index (κ2) is 3.85. The van der Waals surface area contributed by atoms with Gasteiger partial charge in [-0.25, -0.2) is 0 Å². The van der Waals surface area contributed by atoms with Gasteiger partial charge in [-0.2, -0.15) is 0 Å². The van der Waals surface area contributed by atoms with Crippen LogP contribution in [0, 0.1) is 7.05 Å². The van der Waals surface area contributed by atoms with Crippen LogP contribution in [-0.4, -0.2) is 14.2 Å². The van der Waals surface area contributed by atoms with Gasteiger partial charge in [0.2, 0.25) is 0 Å². The molecule has 1 aromatic carbocycles. The zero-order chi connectivity index (χ0) is 8.97. The first-order valence-electron chi connectivity index (χ1n) is 3.50. The maximum absolute atomic E-state index is 5.22. The summed E-state index contributed by atoms with van der Waals surface area (Å²) in [5.74, 6) is 1.35. The molecule has 12 heavy (non-hydrogen) atoms. The molecule has 1 aromatic rings. The summed E-state index contributed by atoms with van der Waals surface area (Å²) in [4.78, 5) is 0. The molecule has 0 bridgehead atoms. The van der Waals surface area contributed by atoms with Crippen LogP contribution in [0.15, 0.2) is 18.2 Å². The number of hydrogen-bond donors (Lipinski definition) is 1. The molecule has 0 aromatic heterocycles. The van der Waals surface area contributed by atoms with E-state index in [-0.39, 0.29) is 0 Å². The van der Waals surface area contributed by atoms with Crippen LogP contribution in [-0.2, 0) is 0 Å². The van der Waals surface area contributed by atoms with E-state index in [1.807, 2.05) is 0 Å². The van der Waals surface area contributed by atoms with Gasteiger partial charge in [-0.3, -0.25) is 0 Å². The lowest BCUT2D eigenvalue weighted by Crippen LogP contribution is -1.92. The molecule has 0 aliphatic heterocycles. The summed E-state index contributed by atoms with van der Waals surface area (Å²) in [6.45, 7) is 0. The number of benzene rings is 1. The van der Waals surface area contributed by atoms with E-state index in [4.69, 9.17) is 16.5 Å². The lowest BCUT2D eigenvalue weighted by Gasteiger charge is -2.08. The first-order valence-corrected chi connectivity index (χ1v) is 3.50. The van der Waals surface area contributed by atoms with Crippen LogP contribution in [0.5, 0.6) is 11.5 Å². The maximum atomic E-state index is 5.22.